The number of fused-ring (bicyclic) bond motifs is 3. The van der Waals surface area contributed by atoms with Crippen molar-refractivity contribution in [3.05, 3.63) is 47.8 Å². The van der Waals surface area contributed by atoms with Crippen LogP contribution in [0.2, 0.25) is 0 Å². The van der Waals surface area contributed by atoms with Gasteiger partial charge in [-0.2, -0.15) is 0 Å². The lowest BCUT2D eigenvalue weighted by Gasteiger charge is -2.29. The SMILES string of the molecule is COc1c(OCCCN2CCOCC2)ccc2c1N=C(NC(=O)c1cccnc1)N1CCN=C21. The lowest BCUT2D eigenvalue weighted by molar-refractivity contribution is 0.0357. The largest absolute Gasteiger partial charge is 0.491 e. The fourth-order valence-electron chi connectivity index (χ4n) is 4.27. The first kappa shape index (κ1) is 22.3. The molecule has 4 heterocycles. The Kier molecular flexibility index (Phi) is 6.68. The quantitative estimate of drug-likeness (QED) is 0.622. The van der Waals surface area contributed by atoms with Crippen molar-refractivity contribution in [1.29, 1.82) is 0 Å². The normalized spacial score (nSPS) is 17.4. The van der Waals surface area contributed by atoms with E-state index in [0.717, 1.165) is 50.7 Å². The van der Waals surface area contributed by atoms with Crippen LogP contribution in [0.4, 0.5) is 5.69 Å². The summed E-state index contributed by atoms with van der Waals surface area (Å²) in [6, 6.07) is 7.29. The van der Waals surface area contributed by atoms with E-state index in [0.29, 0.717) is 48.4 Å². The Hall–Kier alpha value is -3.50. The van der Waals surface area contributed by atoms with Gasteiger partial charge in [0.05, 0.1) is 39.0 Å². The van der Waals surface area contributed by atoms with Gasteiger partial charge >= 0.3 is 0 Å². The molecule has 0 bridgehead atoms. The van der Waals surface area contributed by atoms with Crippen molar-refractivity contribution >= 4 is 23.4 Å². The van der Waals surface area contributed by atoms with E-state index in [9.17, 15) is 4.79 Å². The minimum atomic E-state index is -0.281. The molecule has 3 aliphatic heterocycles. The third-order valence-electron chi connectivity index (χ3n) is 5.98. The molecule has 10 nitrogen and oxygen atoms in total. The van der Waals surface area contributed by atoms with Crippen molar-refractivity contribution in [3.8, 4) is 11.5 Å². The second-order valence-corrected chi connectivity index (χ2v) is 8.14. The molecule has 1 N–H and O–H groups in total. The molecule has 178 valence electrons. The van der Waals surface area contributed by atoms with Gasteiger partial charge in [0.1, 0.15) is 11.5 Å². The van der Waals surface area contributed by atoms with Gasteiger partial charge in [-0.15, -0.1) is 0 Å². The van der Waals surface area contributed by atoms with E-state index in [1.807, 2.05) is 17.0 Å². The number of benzene rings is 1. The molecule has 5 rings (SSSR count). The molecular weight excluding hydrogens is 436 g/mol. The second-order valence-electron chi connectivity index (χ2n) is 8.14. The molecule has 2 aromatic rings. The molecule has 1 aromatic heterocycles. The van der Waals surface area contributed by atoms with E-state index in [2.05, 4.69) is 20.2 Å². The molecule has 3 aliphatic rings. The smallest absolute Gasteiger partial charge is 0.259 e. The van der Waals surface area contributed by atoms with Crippen LogP contribution in [0.15, 0.2) is 46.6 Å². The summed E-state index contributed by atoms with van der Waals surface area (Å²) in [6.45, 7) is 6.29. The summed E-state index contributed by atoms with van der Waals surface area (Å²) in [6.07, 6.45) is 4.05. The average molecular weight is 465 g/mol. The van der Waals surface area contributed by atoms with Crippen LogP contribution >= 0.6 is 0 Å². The van der Waals surface area contributed by atoms with Crippen molar-refractivity contribution in [2.75, 3.05) is 59.7 Å². The number of nitrogens with one attached hydrogen (secondary N) is 1. The van der Waals surface area contributed by atoms with Gasteiger partial charge in [-0.05, 0) is 30.7 Å². The van der Waals surface area contributed by atoms with Crippen LogP contribution < -0.4 is 14.8 Å². The standard InChI is InChI=1S/C24H28N6O4/c1-32-21-19(34-13-3-9-29-11-14-33-15-12-29)6-5-18-20(21)27-24(30-10-8-26-22(18)30)28-23(31)17-4-2-7-25-16-17/h2,4-7,16H,3,8-15H2,1H3,(H,27,28,31). The predicted octanol–water partition coefficient (Wildman–Crippen LogP) is 1.68. The van der Waals surface area contributed by atoms with Crippen molar-refractivity contribution in [1.82, 2.24) is 20.1 Å². The van der Waals surface area contributed by atoms with Crippen LogP contribution in [0.25, 0.3) is 0 Å². The zero-order valence-corrected chi connectivity index (χ0v) is 19.2. The molecule has 0 spiro atoms. The monoisotopic (exact) mass is 464 g/mol. The number of rotatable bonds is 7. The zero-order chi connectivity index (χ0) is 23.3. The van der Waals surface area contributed by atoms with Gasteiger partial charge in [0.2, 0.25) is 5.96 Å². The number of morpholine rings is 1. The summed E-state index contributed by atoms with van der Waals surface area (Å²) in [7, 11) is 1.60. The van der Waals surface area contributed by atoms with Gasteiger partial charge in [-0.1, -0.05) is 0 Å². The number of pyridine rings is 1. The van der Waals surface area contributed by atoms with Crippen LogP contribution in [0.1, 0.15) is 22.3 Å². The maximum atomic E-state index is 12.8. The van der Waals surface area contributed by atoms with Crippen LogP contribution in [-0.2, 0) is 4.74 Å². The van der Waals surface area contributed by atoms with E-state index < -0.39 is 0 Å². The van der Waals surface area contributed by atoms with E-state index in [1.54, 1.807) is 25.4 Å². The number of carbonyl (C=O) groups is 1. The van der Waals surface area contributed by atoms with Crippen molar-refractivity contribution in [2.24, 2.45) is 9.98 Å². The molecule has 0 unspecified atom stereocenters. The van der Waals surface area contributed by atoms with Gasteiger partial charge in [0.25, 0.3) is 5.91 Å². The molecule has 0 atom stereocenters. The Morgan fingerprint density at radius 1 is 1.21 bits per heavy atom. The maximum Gasteiger partial charge on any atom is 0.259 e. The Morgan fingerprint density at radius 2 is 2.09 bits per heavy atom. The summed E-state index contributed by atoms with van der Waals surface area (Å²) in [4.78, 5) is 30.5. The molecule has 0 radical (unpaired) electrons. The highest BCUT2D eigenvalue weighted by molar-refractivity contribution is 6.20. The molecular formula is C24H28N6O4. The predicted molar refractivity (Wildman–Crippen MR) is 127 cm³/mol. The van der Waals surface area contributed by atoms with Crippen molar-refractivity contribution < 1.29 is 19.0 Å². The number of amides is 1. The number of hydrogen-bond acceptors (Lipinski definition) is 9. The summed E-state index contributed by atoms with van der Waals surface area (Å²) in [5.41, 5.74) is 1.92. The van der Waals surface area contributed by atoms with Crippen LogP contribution in [-0.4, -0.2) is 92.1 Å². The summed E-state index contributed by atoms with van der Waals surface area (Å²) in [5, 5.41) is 2.91. The van der Waals surface area contributed by atoms with Crippen LogP contribution in [0.3, 0.4) is 0 Å². The first-order valence-electron chi connectivity index (χ1n) is 11.5. The van der Waals surface area contributed by atoms with Gasteiger partial charge < -0.3 is 14.2 Å². The number of aromatic nitrogens is 1. The van der Waals surface area contributed by atoms with E-state index >= 15 is 0 Å². The first-order chi connectivity index (χ1) is 16.7. The van der Waals surface area contributed by atoms with Gasteiger partial charge in [-0.3, -0.25) is 29.9 Å². The van der Waals surface area contributed by atoms with Crippen LogP contribution in [0.5, 0.6) is 11.5 Å². The van der Waals surface area contributed by atoms with Crippen LogP contribution in [0, 0.1) is 0 Å². The molecule has 34 heavy (non-hydrogen) atoms. The number of amidine groups is 1. The number of hydrogen-bond donors (Lipinski definition) is 1. The van der Waals surface area contributed by atoms with E-state index in [-0.39, 0.29) is 5.91 Å². The molecule has 1 aromatic carbocycles. The highest BCUT2D eigenvalue weighted by Crippen LogP contribution is 2.43. The summed E-state index contributed by atoms with van der Waals surface area (Å²) < 4.78 is 17.2. The zero-order valence-electron chi connectivity index (χ0n) is 19.2. The fourth-order valence-corrected chi connectivity index (χ4v) is 4.27. The number of guanidine groups is 1. The Labute approximate surface area is 198 Å². The average Bonchev–Trinajstić information content (AvgIpc) is 3.38. The highest BCUT2D eigenvalue weighted by atomic mass is 16.5. The second kappa shape index (κ2) is 10.2. The van der Waals surface area contributed by atoms with E-state index in [4.69, 9.17) is 19.2 Å². The Morgan fingerprint density at radius 3 is 2.88 bits per heavy atom. The number of aliphatic imine (C=N–C) groups is 2. The third kappa shape index (κ3) is 4.59. The van der Waals surface area contributed by atoms with E-state index in [1.165, 1.54) is 6.20 Å². The van der Waals surface area contributed by atoms with Crippen molar-refractivity contribution in [3.63, 3.8) is 0 Å². The third-order valence-corrected chi connectivity index (χ3v) is 5.98. The summed E-state index contributed by atoms with van der Waals surface area (Å²) >= 11 is 0. The minimum absolute atomic E-state index is 0.281. The summed E-state index contributed by atoms with van der Waals surface area (Å²) in [5.74, 6) is 2.06. The number of methoxy groups -OCH3 is 1. The van der Waals surface area contributed by atoms with Gasteiger partial charge in [-0.25, -0.2) is 4.99 Å². The van der Waals surface area contributed by atoms with Gasteiger partial charge in [0.15, 0.2) is 11.5 Å². The number of ether oxygens (including phenoxy) is 3. The first-order valence-corrected chi connectivity index (χ1v) is 11.5. The molecule has 10 heteroatoms. The Bertz CT molecular complexity index is 1100. The number of carbonyl (C=O) groups excluding carboxylic acids is 1. The minimum Gasteiger partial charge on any atom is -0.491 e. The van der Waals surface area contributed by atoms with Crippen molar-refractivity contribution in [2.45, 2.75) is 6.42 Å². The molecule has 1 fully saturated rings. The molecule has 0 saturated carbocycles. The molecule has 0 aliphatic carbocycles. The lowest BCUT2D eigenvalue weighted by atomic mass is 10.1. The Balaban J connectivity index is 1.35. The molecule has 1 amide bonds. The van der Waals surface area contributed by atoms with Gasteiger partial charge in [0, 0.05) is 44.1 Å². The topological polar surface area (TPSA) is 101 Å². The highest BCUT2D eigenvalue weighted by Gasteiger charge is 2.33. The maximum absolute atomic E-state index is 12.8. The molecule has 1 saturated heterocycles. The lowest BCUT2D eigenvalue weighted by Crippen LogP contribution is -2.47. The number of nitrogens with zero attached hydrogens (tertiary/aromatic N) is 5. The fraction of sp³-hybridized carbons (Fsp3) is 0.417.